The number of fused-ring (bicyclic) bond motifs is 1. The summed E-state index contributed by atoms with van der Waals surface area (Å²) in [7, 11) is 0. The molecule has 1 aliphatic heterocycles. The van der Waals surface area contributed by atoms with Crippen LogP contribution in [0.4, 0.5) is 24.5 Å². The van der Waals surface area contributed by atoms with E-state index in [0.29, 0.717) is 35.2 Å². The number of nitrogens with one attached hydrogen (secondary N) is 1. The standard InChI is InChI=1S/C22H21F3N4O2/c1-14-16-6-2-3-7-17(16)21(31)29(27-14)13-20(30)26-18-12-15(22(23,24)25)8-9-19(18)28-10-4-5-11-28/h2-3,6-9,12H,4-5,10-11,13H2,1H3,(H,26,30). The number of nitrogens with zero attached hydrogens (tertiary/aromatic N) is 3. The Morgan fingerprint density at radius 3 is 2.45 bits per heavy atom. The van der Waals surface area contributed by atoms with Gasteiger partial charge in [-0.25, -0.2) is 4.68 Å². The molecule has 0 radical (unpaired) electrons. The van der Waals surface area contributed by atoms with Gasteiger partial charge < -0.3 is 10.2 Å². The van der Waals surface area contributed by atoms with Crippen LogP contribution >= 0.6 is 0 Å². The molecule has 1 fully saturated rings. The molecule has 2 heterocycles. The van der Waals surface area contributed by atoms with E-state index in [4.69, 9.17) is 0 Å². The lowest BCUT2D eigenvalue weighted by Crippen LogP contribution is -2.31. The van der Waals surface area contributed by atoms with Crippen molar-refractivity contribution in [1.82, 2.24) is 9.78 Å². The zero-order valence-electron chi connectivity index (χ0n) is 16.9. The van der Waals surface area contributed by atoms with Crippen LogP contribution in [0.1, 0.15) is 24.1 Å². The fourth-order valence-corrected chi connectivity index (χ4v) is 3.88. The van der Waals surface area contributed by atoms with Gasteiger partial charge in [0.25, 0.3) is 5.56 Å². The number of hydrogen-bond acceptors (Lipinski definition) is 4. The Labute approximate surface area is 176 Å². The molecule has 0 saturated carbocycles. The zero-order chi connectivity index (χ0) is 22.2. The number of aromatic nitrogens is 2. The van der Waals surface area contributed by atoms with E-state index in [1.165, 1.54) is 6.07 Å². The van der Waals surface area contributed by atoms with Gasteiger partial charge in [0.1, 0.15) is 6.54 Å². The van der Waals surface area contributed by atoms with Gasteiger partial charge in [0.15, 0.2) is 0 Å². The first-order valence-corrected chi connectivity index (χ1v) is 9.96. The molecule has 1 N–H and O–H groups in total. The van der Waals surface area contributed by atoms with Crippen LogP contribution in [0.3, 0.4) is 0 Å². The van der Waals surface area contributed by atoms with Gasteiger partial charge in [0.05, 0.1) is 28.0 Å². The average Bonchev–Trinajstić information content (AvgIpc) is 3.26. The van der Waals surface area contributed by atoms with Crippen molar-refractivity contribution >= 4 is 28.1 Å². The van der Waals surface area contributed by atoms with Gasteiger partial charge in [-0.15, -0.1) is 0 Å². The average molecular weight is 430 g/mol. The molecule has 4 rings (SSSR count). The van der Waals surface area contributed by atoms with Crippen molar-refractivity contribution in [2.24, 2.45) is 0 Å². The molecule has 0 atom stereocenters. The fraction of sp³-hybridized carbons (Fsp3) is 0.318. The number of carbonyl (C=O) groups is 1. The lowest BCUT2D eigenvalue weighted by atomic mass is 10.1. The van der Waals surface area contributed by atoms with Crippen LogP contribution < -0.4 is 15.8 Å². The van der Waals surface area contributed by atoms with E-state index < -0.39 is 29.8 Å². The SMILES string of the molecule is Cc1nn(CC(=O)Nc2cc(C(F)(F)F)ccc2N2CCCC2)c(=O)c2ccccc12. The normalized spacial score (nSPS) is 14.3. The second-order valence-electron chi connectivity index (χ2n) is 7.57. The maximum absolute atomic E-state index is 13.2. The topological polar surface area (TPSA) is 67.2 Å². The zero-order valence-corrected chi connectivity index (χ0v) is 16.9. The number of rotatable bonds is 4. The van der Waals surface area contributed by atoms with Crippen molar-refractivity contribution in [1.29, 1.82) is 0 Å². The second-order valence-corrected chi connectivity index (χ2v) is 7.57. The van der Waals surface area contributed by atoms with Crippen molar-refractivity contribution in [2.45, 2.75) is 32.5 Å². The lowest BCUT2D eigenvalue weighted by molar-refractivity contribution is -0.137. The number of alkyl halides is 3. The van der Waals surface area contributed by atoms with Crippen LogP contribution in [-0.4, -0.2) is 28.8 Å². The van der Waals surface area contributed by atoms with E-state index in [9.17, 15) is 22.8 Å². The predicted molar refractivity (Wildman–Crippen MR) is 112 cm³/mol. The molecule has 2 aromatic carbocycles. The van der Waals surface area contributed by atoms with Gasteiger partial charge in [-0.3, -0.25) is 9.59 Å². The molecular formula is C22H21F3N4O2. The molecule has 31 heavy (non-hydrogen) atoms. The van der Waals surface area contributed by atoms with Crippen LogP contribution in [0, 0.1) is 6.92 Å². The molecule has 1 aliphatic rings. The lowest BCUT2D eigenvalue weighted by Gasteiger charge is -2.23. The molecule has 162 valence electrons. The number of anilines is 2. The Balaban J connectivity index is 1.64. The van der Waals surface area contributed by atoms with Gasteiger partial charge in [0.2, 0.25) is 5.91 Å². The van der Waals surface area contributed by atoms with Crippen molar-refractivity contribution in [2.75, 3.05) is 23.3 Å². The number of halogens is 3. The summed E-state index contributed by atoms with van der Waals surface area (Å²) < 4.78 is 40.7. The number of carbonyl (C=O) groups excluding carboxylic acids is 1. The quantitative estimate of drug-likeness (QED) is 0.681. The summed E-state index contributed by atoms with van der Waals surface area (Å²) in [5.74, 6) is -0.621. The highest BCUT2D eigenvalue weighted by Crippen LogP contribution is 2.36. The van der Waals surface area contributed by atoms with E-state index in [2.05, 4.69) is 10.4 Å². The first kappa shape index (κ1) is 20.9. The molecular weight excluding hydrogens is 409 g/mol. The van der Waals surface area contributed by atoms with E-state index in [1.54, 1.807) is 31.2 Å². The second kappa shape index (κ2) is 8.05. The number of aryl methyl sites for hydroxylation is 1. The van der Waals surface area contributed by atoms with Crippen molar-refractivity contribution in [3.05, 3.63) is 64.1 Å². The summed E-state index contributed by atoms with van der Waals surface area (Å²) in [6.07, 6.45) is -2.66. The van der Waals surface area contributed by atoms with Crippen molar-refractivity contribution in [3.8, 4) is 0 Å². The van der Waals surface area contributed by atoms with Crippen LogP contribution in [0.15, 0.2) is 47.3 Å². The van der Waals surface area contributed by atoms with Gasteiger partial charge >= 0.3 is 6.18 Å². The molecule has 0 unspecified atom stereocenters. The molecule has 0 bridgehead atoms. The smallest absolute Gasteiger partial charge is 0.370 e. The molecule has 0 aliphatic carbocycles. The number of amides is 1. The molecule has 1 aromatic heterocycles. The summed E-state index contributed by atoms with van der Waals surface area (Å²) >= 11 is 0. The maximum Gasteiger partial charge on any atom is 0.416 e. The predicted octanol–water partition coefficient (Wildman–Crippen LogP) is 3.96. The van der Waals surface area contributed by atoms with E-state index in [0.717, 1.165) is 29.7 Å². The Morgan fingerprint density at radius 1 is 1.10 bits per heavy atom. The number of benzene rings is 2. The van der Waals surface area contributed by atoms with Gasteiger partial charge in [-0.1, -0.05) is 18.2 Å². The Hall–Kier alpha value is -3.36. The Morgan fingerprint density at radius 2 is 1.77 bits per heavy atom. The fourth-order valence-electron chi connectivity index (χ4n) is 3.88. The number of hydrogen-bond donors (Lipinski definition) is 1. The van der Waals surface area contributed by atoms with E-state index in [1.807, 2.05) is 4.90 Å². The molecule has 9 heteroatoms. The van der Waals surface area contributed by atoms with Gasteiger partial charge in [-0.05, 0) is 44.0 Å². The third-order valence-corrected chi connectivity index (χ3v) is 5.39. The summed E-state index contributed by atoms with van der Waals surface area (Å²) in [5.41, 5.74) is -0.0799. The Bertz CT molecular complexity index is 1200. The minimum atomic E-state index is -4.53. The summed E-state index contributed by atoms with van der Waals surface area (Å²) in [4.78, 5) is 27.3. The summed E-state index contributed by atoms with van der Waals surface area (Å²) in [6, 6.07) is 10.3. The first-order valence-electron chi connectivity index (χ1n) is 9.96. The largest absolute Gasteiger partial charge is 0.416 e. The summed E-state index contributed by atoms with van der Waals surface area (Å²) in [5, 5.41) is 7.88. The van der Waals surface area contributed by atoms with Crippen LogP contribution in [0.5, 0.6) is 0 Å². The minimum Gasteiger partial charge on any atom is -0.370 e. The molecule has 6 nitrogen and oxygen atoms in total. The van der Waals surface area contributed by atoms with Gasteiger partial charge in [-0.2, -0.15) is 18.3 Å². The highest BCUT2D eigenvalue weighted by atomic mass is 19.4. The molecule has 1 amide bonds. The first-order chi connectivity index (χ1) is 14.7. The minimum absolute atomic E-state index is 0.0762. The molecule has 1 saturated heterocycles. The maximum atomic E-state index is 13.2. The third kappa shape index (κ3) is 4.26. The molecule has 3 aromatic rings. The van der Waals surface area contributed by atoms with Crippen LogP contribution in [0.2, 0.25) is 0 Å². The van der Waals surface area contributed by atoms with E-state index >= 15 is 0 Å². The monoisotopic (exact) mass is 430 g/mol. The summed E-state index contributed by atoms with van der Waals surface area (Å²) in [6.45, 7) is 2.74. The molecule has 0 spiro atoms. The third-order valence-electron chi connectivity index (χ3n) is 5.39. The van der Waals surface area contributed by atoms with Crippen LogP contribution in [-0.2, 0) is 17.5 Å². The van der Waals surface area contributed by atoms with E-state index in [-0.39, 0.29) is 5.69 Å². The van der Waals surface area contributed by atoms with Crippen molar-refractivity contribution in [3.63, 3.8) is 0 Å². The van der Waals surface area contributed by atoms with Crippen molar-refractivity contribution < 1.29 is 18.0 Å². The Kier molecular flexibility index (Phi) is 5.43. The van der Waals surface area contributed by atoms with Gasteiger partial charge in [0, 0.05) is 18.5 Å². The van der Waals surface area contributed by atoms with Crippen LogP contribution in [0.25, 0.3) is 10.8 Å². The highest BCUT2D eigenvalue weighted by molar-refractivity contribution is 5.94. The highest BCUT2D eigenvalue weighted by Gasteiger charge is 2.32.